The van der Waals surface area contributed by atoms with E-state index >= 15 is 0 Å². The maximum Gasteiger partial charge on any atom is 0.268 e. The van der Waals surface area contributed by atoms with Crippen molar-refractivity contribution >= 4 is 13.7 Å². The van der Waals surface area contributed by atoms with Gasteiger partial charge in [-0.3, -0.25) is 9.36 Å². The second-order valence-corrected chi connectivity index (χ2v) is 28.4. The van der Waals surface area contributed by atoms with Crippen LogP contribution < -0.4 is 10.2 Å². The molecule has 0 saturated carbocycles. The number of quaternary nitrogens is 1. The van der Waals surface area contributed by atoms with Gasteiger partial charge in [-0.1, -0.05) is 367 Å². The second-order valence-electron chi connectivity index (χ2n) is 27.0. The molecule has 8 nitrogen and oxygen atoms in total. The van der Waals surface area contributed by atoms with Crippen LogP contribution in [0.4, 0.5) is 0 Å². The predicted octanol–water partition coefficient (Wildman–Crippen LogP) is 24.4. The number of nitrogens with zero attached hydrogens (tertiary/aromatic N) is 1. The number of nitrogens with one attached hydrogen (secondary N) is 1. The van der Waals surface area contributed by atoms with Gasteiger partial charge in [0.05, 0.1) is 39.9 Å². The Kier molecular flexibility index (Phi) is 68.3. The molecule has 90 heavy (non-hydrogen) atoms. The zero-order valence-corrected chi connectivity index (χ0v) is 60.7. The third-order valence-corrected chi connectivity index (χ3v) is 18.0. The van der Waals surface area contributed by atoms with Crippen molar-refractivity contribution in [1.82, 2.24) is 5.32 Å². The van der Waals surface area contributed by atoms with Gasteiger partial charge in [-0.25, -0.2) is 0 Å². The van der Waals surface area contributed by atoms with Gasteiger partial charge < -0.3 is 28.8 Å². The Hall–Kier alpha value is -2.84. The van der Waals surface area contributed by atoms with Gasteiger partial charge in [0.1, 0.15) is 13.2 Å². The van der Waals surface area contributed by atoms with Crippen LogP contribution in [0.25, 0.3) is 0 Å². The molecular formula is C81H147N2O6P. The number of carbonyl (C=O) groups is 1. The number of carbonyl (C=O) groups excluding carboxylic acids is 1. The smallest absolute Gasteiger partial charge is 0.268 e. The number of hydrogen-bond acceptors (Lipinski definition) is 6. The quantitative estimate of drug-likeness (QED) is 0.0272. The highest BCUT2D eigenvalue weighted by molar-refractivity contribution is 7.45. The predicted molar refractivity (Wildman–Crippen MR) is 394 cm³/mol. The van der Waals surface area contributed by atoms with Crippen molar-refractivity contribution in [3.8, 4) is 0 Å². The van der Waals surface area contributed by atoms with E-state index in [9.17, 15) is 19.4 Å². The standard InChI is InChI=1S/C81H147N2O6P/c1-6-8-10-12-14-16-18-20-22-24-26-28-30-32-34-36-38-39-40-41-42-43-45-47-49-51-53-55-57-59-61-63-65-67-69-71-73-75-81(85)82-79(78-89-90(86,87)88-77-76-83(3,4)5)80(84)74-72-70-68-66-64-62-60-58-56-54-52-50-48-46-44-37-35-33-31-29-27-25-23-21-19-17-15-13-11-9-7-2/h8,10,14,16,20,22,26,28,32,34,38-39,41-42,45,47,72,74,79-80,84H,6-7,9,11-13,15,17-19,21,23-25,27,29-31,33,35-37,40,43-44,46,48-71,73,75-78H2,1-5H3,(H-,82,85,86,87)/b10-8-,16-14-,22-20-,28-26-,34-32-,39-38-,42-41-,47-45-,74-72+. The molecule has 0 aromatic heterocycles. The Bertz CT molecular complexity index is 1840. The summed E-state index contributed by atoms with van der Waals surface area (Å²) >= 11 is 0. The number of phosphoric ester groups is 1. The molecular weight excluding hydrogens is 1130 g/mol. The van der Waals surface area contributed by atoms with E-state index in [0.717, 1.165) is 89.9 Å². The number of aliphatic hydroxyl groups excluding tert-OH is 1. The van der Waals surface area contributed by atoms with Crippen LogP contribution >= 0.6 is 7.82 Å². The molecule has 0 fully saturated rings. The highest BCUT2D eigenvalue weighted by Crippen LogP contribution is 2.38. The summed E-state index contributed by atoms with van der Waals surface area (Å²) in [6.45, 7) is 4.57. The fourth-order valence-electron chi connectivity index (χ4n) is 11.1. The fourth-order valence-corrected chi connectivity index (χ4v) is 11.8. The normalized spacial score (nSPS) is 14.2. The minimum absolute atomic E-state index is 0.00470. The van der Waals surface area contributed by atoms with Crippen molar-refractivity contribution in [2.75, 3.05) is 40.9 Å². The highest BCUT2D eigenvalue weighted by Gasteiger charge is 2.23. The number of likely N-dealkylation sites (N-methyl/N-ethyl adjacent to an activating group) is 1. The molecule has 0 aromatic carbocycles. The van der Waals surface area contributed by atoms with Crippen LogP contribution in [0.15, 0.2) is 109 Å². The molecule has 9 heteroatoms. The van der Waals surface area contributed by atoms with Crippen molar-refractivity contribution in [2.24, 2.45) is 0 Å². The maximum absolute atomic E-state index is 13.1. The van der Waals surface area contributed by atoms with Gasteiger partial charge in [0.25, 0.3) is 7.82 Å². The first kappa shape index (κ1) is 87.2. The lowest BCUT2D eigenvalue weighted by Crippen LogP contribution is -2.45. The molecule has 0 saturated heterocycles. The summed E-state index contributed by atoms with van der Waals surface area (Å²) in [7, 11) is 1.26. The highest BCUT2D eigenvalue weighted by atomic mass is 31.2. The van der Waals surface area contributed by atoms with Gasteiger partial charge in [0.2, 0.25) is 5.91 Å². The summed E-state index contributed by atoms with van der Waals surface area (Å²) < 4.78 is 23.5. The number of rotatable bonds is 70. The Morgan fingerprint density at radius 1 is 0.400 bits per heavy atom. The topological polar surface area (TPSA) is 108 Å². The van der Waals surface area contributed by atoms with Crippen LogP contribution in [0, 0.1) is 0 Å². The maximum atomic E-state index is 13.1. The molecule has 0 aliphatic heterocycles. The Balaban J connectivity index is 4.06. The molecule has 3 atom stereocenters. The zero-order chi connectivity index (χ0) is 65.5. The van der Waals surface area contributed by atoms with Crippen molar-refractivity contribution in [1.29, 1.82) is 0 Å². The van der Waals surface area contributed by atoms with Crippen LogP contribution in [-0.4, -0.2) is 68.5 Å². The van der Waals surface area contributed by atoms with Gasteiger partial charge in [-0.2, -0.15) is 0 Å². The fraction of sp³-hybridized carbons (Fsp3) is 0.765. The Labute approximate surface area is 559 Å². The first-order valence-corrected chi connectivity index (χ1v) is 39.7. The van der Waals surface area contributed by atoms with Gasteiger partial charge in [-0.05, 0) is 83.5 Å². The molecule has 1 amide bonds. The lowest BCUT2D eigenvalue weighted by molar-refractivity contribution is -0.870. The molecule has 2 N–H and O–H groups in total. The summed E-state index contributed by atoms with van der Waals surface area (Å²) in [6, 6.07) is -0.896. The number of phosphoric acid groups is 1. The number of allylic oxidation sites excluding steroid dienone is 17. The van der Waals surface area contributed by atoms with Crippen LogP contribution in [-0.2, 0) is 18.4 Å². The minimum atomic E-state index is -4.61. The van der Waals surface area contributed by atoms with Gasteiger partial charge in [0, 0.05) is 6.42 Å². The molecule has 0 bridgehead atoms. The van der Waals surface area contributed by atoms with E-state index in [2.05, 4.69) is 116 Å². The number of amides is 1. The molecule has 0 spiro atoms. The summed E-state index contributed by atoms with van der Waals surface area (Å²) in [4.78, 5) is 25.7. The molecule has 0 aliphatic rings. The SMILES string of the molecule is CC/C=C\C/C=C\C/C=C\C/C=C\C/C=C\C/C=C\C/C=C\C/C=C\CCCCCCCCCCCCCCC(=O)NC(COP(=O)([O-])OCC[N+](C)(C)C)C(O)/C=C/CCCCCCCCCCCCCCCCCCCCCCCCCCCCCCC. The number of unbranched alkanes of at least 4 members (excludes halogenated alkanes) is 41. The largest absolute Gasteiger partial charge is 0.756 e. The Morgan fingerprint density at radius 3 is 0.989 bits per heavy atom. The van der Waals surface area contributed by atoms with Crippen LogP contribution in [0.3, 0.4) is 0 Å². The minimum Gasteiger partial charge on any atom is -0.756 e. The van der Waals surface area contributed by atoms with E-state index in [1.54, 1.807) is 6.08 Å². The molecule has 3 unspecified atom stereocenters. The van der Waals surface area contributed by atoms with Gasteiger partial charge >= 0.3 is 0 Å². The average Bonchev–Trinajstić information content (AvgIpc) is 3.18. The number of aliphatic hydroxyl groups is 1. The van der Waals surface area contributed by atoms with E-state index in [1.807, 2.05) is 27.2 Å². The van der Waals surface area contributed by atoms with Crippen LogP contribution in [0.1, 0.15) is 348 Å². The first-order valence-electron chi connectivity index (χ1n) is 38.2. The van der Waals surface area contributed by atoms with E-state index in [1.165, 1.54) is 238 Å². The molecule has 0 aliphatic carbocycles. The van der Waals surface area contributed by atoms with Crippen LogP contribution in [0.5, 0.6) is 0 Å². The third-order valence-electron chi connectivity index (χ3n) is 17.0. The second kappa shape index (κ2) is 70.5. The van der Waals surface area contributed by atoms with Crippen molar-refractivity contribution in [2.45, 2.75) is 360 Å². The molecule has 0 rings (SSSR count). The molecule has 0 radical (unpaired) electrons. The average molecular weight is 1280 g/mol. The van der Waals surface area contributed by atoms with Crippen molar-refractivity contribution < 1.29 is 32.9 Å². The van der Waals surface area contributed by atoms with E-state index in [-0.39, 0.29) is 19.1 Å². The molecule has 0 heterocycles. The Morgan fingerprint density at radius 2 is 0.678 bits per heavy atom. The van der Waals surface area contributed by atoms with Crippen LogP contribution in [0.2, 0.25) is 0 Å². The lowest BCUT2D eigenvalue weighted by atomic mass is 10.0. The first-order chi connectivity index (χ1) is 44.0. The lowest BCUT2D eigenvalue weighted by Gasteiger charge is -2.29. The third kappa shape index (κ3) is 72.6. The van der Waals surface area contributed by atoms with Gasteiger partial charge in [0.15, 0.2) is 0 Å². The van der Waals surface area contributed by atoms with Crippen molar-refractivity contribution in [3.63, 3.8) is 0 Å². The molecule has 0 aromatic rings. The summed E-state index contributed by atoms with van der Waals surface area (Å²) in [6.07, 6.45) is 104. The van der Waals surface area contributed by atoms with Crippen molar-refractivity contribution in [3.05, 3.63) is 109 Å². The number of hydrogen-bond donors (Lipinski definition) is 2. The van der Waals surface area contributed by atoms with E-state index < -0.39 is 20.0 Å². The van der Waals surface area contributed by atoms with Gasteiger partial charge in [-0.15, -0.1) is 0 Å². The zero-order valence-electron chi connectivity index (χ0n) is 59.8. The van der Waals surface area contributed by atoms with E-state index in [4.69, 9.17) is 9.05 Å². The van der Waals surface area contributed by atoms with E-state index in [0.29, 0.717) is 17.4 Å². The summed E-state index contributed by atoms with van der Waals surface area (Å²) in [5, 5.41) is 14.0. The summed E-state index contributed by atoms with van der Waals surface area (Å²) in [5.41, 5.74) is 0. The summed E-state index contributed by atoms with van der Waals surface area (Å²) in [5.74, 6) is -0.199. The monoisotopic (exact) mass is 1280 g/mol. The molecule has 522 valence electrons.